The molecule has 0 spiro atoms. The zero-order valence-electron chi connectivity index (χ0n) is 6.01. The predicted octanol–water partition coefficient (Wildman–Crippen LogP) is 0.489. The highest BCUT2D eigenvalue weighted by Crippen LogP contribution is 2.55. The summed E-state index contributed by atoms with van der Waals surface area (Å²) in [6, 6.07) is 0. The Balaban J connectivity index is 2.94. The molecule has 64 valence electrons. The maximum atomic E-state index is 10.8. The lowest BCUT2D eigenvalue weighted by molar-refractivity contribution is -0.0874. The normalized spacial score (nSPS) is 31.5. The van der Waals surface area contributed by atoms with Crippen LogP contribution in [-0.2, 0) is 4.57 Å². The Hall–Kier alpha value is -0.350. The second-order valence-corrected chi connectivity index (χ2v) is 4.75. The summed E-state index contributed by atoms with van der Waals surface area (Å²) in [4.78, 5) is 17.6. The Morgan fingerprint density at radius 3 is 2.36 bits per heavy atom. The molecule has 0 amide bonds. The number of hydrogen-bond donors (Lipinski definition) is 3. The van der Waals surface area contributed by atoms with Crippen molar-refractivity contribution >= 4 is 7.60 Å². The highest BCUT2D eigenvalue weighted by atomic mass is 31.2. The Labute approximate surface area is 64.1 Å². The fraction of sp³-hybridized carbons (Fsp3) is 0.600. The quantitative estimate of drug-likeness (QED) is 0.510. The van der Waals surface area contributed by atoms with Crippen molar-refractivity contribution < 1.29 is 19.6 Å². The fourth-order valence-corrected chi connectivity index (χ4v) is 1.56. The van der Waals surface area contributed by atoms with E-state index in [4.69, 9.17) is 15.0 Å². The Bertz CT molecular complexity index is 235. The van der Waals surface area contributed by atoms with E-state index in [9.17, 15) is 4.57 Å². The van der Waals surface area contributed by atoms with E-state index in [2.05, 4.69) is 0 Å². The van der Waals surface area contributed by atoms with Gasteiger partial charge in [-0.3, -0.25) is 9.77 Å². The summed E-state index contributed by atoms with van der Waals surface area (Å²) in [5.74, 6) is 0. The number of rotatable bonds is 1. The van der Waals surface area contributed by atoms with Crippen LogP contribution in [0.15, 0.2) is 12.3 Å². The Kier molecular flexibility index (Phi) is 1.84. The molecule has 3 N–H and O–H groups in total. The number of hydroxylamine groups is 2. The molecule has 0 aromatic heterocycles. The van der Waals surface area contributed by atoms with Gasteiger partial charge in [0.1, 0.15) is 0 Å². The van der Waals surface area contributed by atoms with Gasteiger partial charge in [-0.05, 0) is 6.92 Å². The van der Waals surface area contributed by atoms with Gasteiger partial charge in [0, 0.05) is 12.6 Å². The molecule has 0 radical (unpaired) electrons. The first-order valence-corrected chi connectivity index (χ1v) is 4.70. The smallest absolute Gasteiger partial charge is 0.323 e. The summed E-state index contributed by atoms with van der Waals surface area (Å²) in [5.41, 5.74) is 0. The van der Waals surface area contributed by atoms with Crippen LogP contribution < -0.4 is 0 Å². The van der Waals surface area contributed by atoms with Crippen LogP contribution in [0.5, 0.6) is 0 Å². The van der Waals surface area contributed by atoms with Crippen molar-refractivity contribution in [1.29, 1.82) is 0 Å². The van der Waals surface area contributed by atoms with E-state index in [1.54, 1.807) is 0 Å². The third-order valence-electron chi connectivity index (χ3n) is 1.87. The lowest BCUT2D eigenvalue weighted by Crippen LogP contribution is -2.36. The minimum Gasteiger partial charge on any atom is -0.323 e. The van der Waals surface area contributed by atoms with Crippen molar-refractivity contribution in [3.63, 3.8) is 0 Å². The van der Waals surface area contributed by atoms with E-state index < -0.39 is 12.9 Å². The van der Waals surface area contributed by atoms with Crippen molar-refractivity contribution in [3.8, 4) is 0 Å². The zero-order valence-corrected chi connectivity index (χ0v) is 6.90. The van der Waals surface area contributed by atoms with Crippen LogP contribution in [0.4, 0.5) is 0 Å². The molecule has 1 unspecified atom stereocenters. The van der Waals surface area contributed by atoms with Gasteiger partial charge in [-0.25, -0.2) is 5.06 Å². The van der Waals surface area contributed by atoms with E-state index in [1.807, 2.05) is 0 Å². The Morgan fingerprint density at radius 1 is 1.64 bits per heavy atom. The molecule has 0 saturated carbocycles. The van der Waals surface area contributed by atoms with Gasteiger partial charge in [0.05, 0.1) is 0 Å². The van der Waals surface area contributed by atoms with Crippen molar-refractivity contribution in [1.82, 2.24) is 5.06 Å². The molecule has 1 aliphatic rings. The van der Waals surface area contributed by atoms with Gasteiger partial charge in [0.2, 0.25) is 0 Å². The SMILES string of the molecule is CC1(P(=O)(O)O)CC=CN1O. The lowest BCUT2D eigenvalue weighted by atomic mass is 10.3. The van der Waals surface area contributed by atoms with E-state index in [0.717, 1.165) is 0 Å². The summed E-state index contributed by atoms with van der Waals surface area (Å²) in [7, 11) is -4.27. The predicted molar refractivity (Wildman–Crippen MR) is 37.8 cm³/mol. The monoisotopic (exact) mass is 179 g/mol. The zero-order chi connectivity index (χ0) is 8.70. The molecule has 1 heterocycles. The average molecular weight is 179 g/mol. The summed E-state index contributed by atoms with van der Waals surface area (Å²) in [5, 5.41) is 8.14. The minimum atomic E-state index is -4.27. The minimum absolute atomic E-state index is 0.160. The van der Waals surface area contributed by atoms with Crippen LogP contribution in [0.25, 0.3) is 0 Å². The number of nitrogens with zero attached hydrogens (tertiary/aromatic N) is 1. The first-order valence-electron chi connectivity index (χ1n) is 3.08. The summed E-state index contributed by atoms with van der Waals surface area (Å²) < 4.78 is 10.8. The molecule has 1 aliphatic heterocycles. The summed E-state index contributed by atoms with van der Waals surface area (Å²) >= 11 is 0. The molecule has 0 aliphatic carbocycles. The molecular weight excluding hydrogens is 169 g/mol. The van der Waals surface area contributed by atoms with Crippen LogP contribution in [0.1, 0.15) is 13.3 Å². The lowest BCUT2D eigenvalue weighted by Gasteiger charge is -2.31. The molecular formula is C5H10NO4P. The summed E-state index contributed by atoms with van der Waals surface area (Å²) in [6.45, 7) is 1.31. The van der Waals surface area contributed by atoms with Gasteiger partial charge in [0.15, 0.2) is 5.28 Å². The van der Waals surface area contributed by atoms with Crippen LogP contribution >= 0.6 is 7.60 Å². The molecule has 0 fully saturated rings. The largest absolute Gasteiger partial charge is 0.353 e. The van der Waals surface area contributed by atoms with Crippen LogP contribution in [0.3, 0.4) is 0 Å². The van der Waals surface area contributed by atoms with E-state index in [-0.39, 0.29) is 6.42 Å². The molecule has 1 atom stereocenters. The van der Waals surface area contributed by atoms with E-state index in [1.165, 1.54) is 19.2 Å². The van der Waals surface area contributed by atoms with Gasteiger partial charge in [-0.15, -0.1) is 0 Å². The maximum absolute atomic E-state index is 10.8. The van der Waals surface area contributed by atoms with Crippen LogP contribution in [0, 0.1) is 0 Å². The highest BCUT2D eigenvalue weighted by Gasteiger charge is 2.48. The molecule has 0 bridgehead atoms. The summed E-state index contributed by atoms with van der Waals surface area (Å²) in [6.07, 6.45) is 2.92. The molecule has 0 saturated heterocycles. The van der Waals surface area contributed by atoms with E-state index in [0.29, 0.717) is 5.06 Å². The second kappa shape index (κ2) is 2.32. The van der Waals surface area contributed by atoms with Crippen molar-refractivity contribution in [2.45, 2.75) is 18.6 Å². The molecule has 0 aromatic carbocycles. The van der Waals surface area contributed by atoms with Crippen molar-refractivity contribution in [3.05, 3.63) is 12.3 Å². The first-order chi connectivity index (χ1) is 4.88. The van der Waals surface area contributed by atoms with Gasteiger partial charge >= 0.3 is 7.60 Å². The van der Waals surface area contributed by atoms with E-state index >= 15 is 0 Å². The molecule has 1 rings (SSSR count). The van der Waals surface area contributed by atoms with Gasteiger partial charge in [-0.2, -0.15) is 0 Å². The maximum Gasteiger partial charge on any atom is 0.353 e. The Morgan fingerprint density at radius 2 is 2.18 bits per heavy atom. The number of hydrogen-bond acceptors (Lipinski definition) is 3. The third-order valence-corrected chi connectivity index (χ3v) is 3.51. The second-order valence-electron chi connectivity index (χ2n) is 2.69. The topological polar surface area (TPSA) is 81.0 Å². The highest BCUT2D eigenvalue weighted by molar-refractivity contribution is 7.53. The van der Waals surface area contributed by atoms with Gasteiger partial charge in [0.25, 0.3) is 0 Å². The molecule has 6 heteroatoms. The molecule has 11 heavy (non-hydrogen) atoms. The van der Waals surface area contributed by atoms with Gasteiger partial charge in [-0.1, -0.05) is 6.08 Å². The van der Waals surface area contributed by atoms with Crippen LogP contribution in [0.2, 0.25) is 0 Å². The van der Waals surface area contributed by atoms with Crippen molar-refractivity contribution in [2.75, 3.05) is 0 Å². The fourth-order valence-electron chi connectivity index (χ4n) is 0.882. The molecule has 0 aromatic rings. The molecule has 5 nitrogen and oxygen atoms in total. The van der Waals surface area contributed by atoms with Crippen molar-refractivity contribution in [2.24, 2.45) is 0 Å². The standard InChI is InChI=1S/C5H10NO4P/c1-5(11(8,9)10)3-2-4-6(5)7/h2,4,7H,3H2,1H3,(H2,8,9,10). The first kappa shape index (κ1) is 8.74. The van der Waals surface area contributed by atoms with Crippen LogP contribution in [-0.4, -0.2) is 25.3 Å². The van der Waals surface area contributed by atoms with Gasteiger partial charge < -0.3 is 9.79 Å². The third kappa shape index (κ3) is 1.20. The average Bonchev–Trinajstić information content (AvgIpc) is 2.12.